The van der Waals surface area contributed by atoms with Gasteiger partial charge in [-0.2, -0.15) is 0 Å². The summed E-state index contributed by atoms with van der Waals surface area (Å²) >= 11 is 0. The molecule has 1 heteroatoms. The smallest absolute Gasteiger partial charge is 0.143 e. The van der Waals surface area contributed by atoms with Crippen LogP contribution in [0.1, 0.15) is 47.2 Å². The molecule has 0 radical (unpaired) electrons. The minimum absolute atomic E-state index is 0.348. The van der Waals surface area contributed by atoms with Crippen molar-refractivity contribution in [3.63, 3.8) is 0 Å². The van der Waals surface area contributed by atoms with Gasteiger partial charge in [-0.1, -0.05) is 193 Å². The van der Waals surface area contributed by atoms with E-state index in [2.05, 4.69) is 143 Å². The van der Waals surface area contributed by atoms with E-state index in [4.69, 9.17) is 24.2 Å². The molecule has 1 aliphatic rings. The van der Waals surface area contributed by atoms with Crippen LogP contribution in [-0.4, -0.2) is 0 Å². The van der Waals surface area contributed by atoms with Crippen LogP contribution < -0.4 is 0 Å². The van der Waals surface area contributed by atoms with Crippen molar-refractivity contribution < 1.29 is 4.42 Å². The van der Waals surface area contributed by atoms with E-state index in [-0.39, 0.29) is 5.41 Å². The monoisotopic (exact) mass is 720 g/mol. The molecule has 0 saturated heterocycles. The van der Waals surface area contributed by atoms with Crippen molar-refractivity contribution in [1.82, 2.24) is 0 Å². The molecule has 0 unspecified atom stereocenters. The van der Waals surface area contributed by atoms with Gasteiger partial charge in [0.05, 0.1) is 0 Å². The predicted octanol–water partition coefficient (Wildman–Crippen LogP) is 15.3. The summed E-state index contributed by atoms with van der Waals surface area (Å²) in [5.74, 6) is 0. The maximum Gasteiger partial charge on any atom is 0.143 e. The Kier molecular flexibility index (Phi) is 9.24. The second-order valence-electron chi connectivity index (χ2n) is 14.9. The lowest BCUT2D eigenvalue weighted by atomic mass is 9.80. The van der Waals surface area contributed by atoms with Crippen molar-refractivity contribution in [1.29, 1.82) is 0 Å². The fourth-order valence-corrected chi connectivity index (χ4v) is 8.25. The molecule has 1 aromatic heterocycles. The standard InChI is InChI=1S/C55H44O/c1-9-10-21-35(2)37(4)42-24-15-16-25-43(42)38(5)44-23-14-12-11-13-22-41(45-26-17-18-27-46(44)45)36(3)34-50-39(6)55(7,8)53-48(50)32-30-40-31-33-49-47-28-19-20-29-51(47)56-54(49)52(40)53/h9-34H,1-6H2,7-8H3/b12-11?,13-11?,14-12?,21-10-,22-13?,23-14?,41-22?,44-23?,45-41?,46-44?,50-34+. The minimum Gasteiger partial charge on any atom is -0.455 e. The lowest BCUT2D eigenvalue weighted by Crippen LogP contribution is -2.15. The van der Waals surface area contributed by atoms with Crippen LogP contribution in [0.15, 0.2) is 213 Å². The van der Waals surface area contributed by atoms with E-state index in [0.717, 1.165) is 105 Å². The van der Waals surface area contributed by atoms with Gasteiger partial charge in [-0.3, -0.25) is 0 Å². The van der Waals surface area contributed by atoms with E-state index in [1.54, 1.807) is 6.08 Å². The molecule has 1 aliphatic carbocycles. The van der Waals surface area contributed by atoms with Crippen LogP contribution >= 0.6 is 0 Å². The first-order chi connectivity index (χ1) is 27.1. The van der Waals surface area contributed by atoms with Gasteiger partial charge in [0.25, 0.3) is 0 Å². The van der Waals surface area contributed by atoms with Gasteiger partial charge < -0.3 is 4.42 Å². The number of furan rings is 1. The zero-order valence-electron chi connectivity index (χ0n) is 32.2. The van der Waals surface area contributed by atoms with Crippen LogP contribution in [0.2, 0.25) is 0 Å². The molecule has 6 aromatic carbocycles. The SMILES string of the molecule is C=C/C=C\C(=C)C(=C)c1ccccc1C(=C)c1ccccccc(C(=C)/C=C2\C(=C)C(C)(C)c3c2ccc2ccc4c5ccccc5oc4c32)c2ccccc12. The summed E-state index contributed by atoms with van der Waals surface area (Å²) in [6, 6.07) is 46.4. The Labute approximate surface area is 330 Å². The van der Waals surface area contributed by atoms with E-state index >= 15 is 0 Å². The molecule has 8 rings (SSSR count). The fraction of sp³-hybridized carbons (Fsp3) is 0.0545. The van der Waals surface area contributed by atoms with E-state index < -0.39 is 0 Å². The van der Waals surface area contributed by atoms with Crippen LogP contribution in [0.5, 0.6) is 0 Å². The molecule has 0 atom stereocenters. The van der Waals surface area contributed by atoms with Gasteiger partial charge >= 0.3 is 0 Å². The normalized spacial score (nSPS) is 14.0. The molecule has 1 heterocycles. The zero-order chi connectivity index (χ0) is 39.1. The first-order valence-corrected chi connectivity index (χ1v) is 18.9. The summed E-state index contributed by atoms with van der Waals surface area (Å²) in [5, 5.41) is 6.66. The summed E-state index contributed by atoms with van der Waals surface area (Å²) in [6.07, 6.45) is 7.77. The van der Waals surface area contributed by atoms with Gasteiger partial charge in [-0.25, -0.2) is 0 Å². The van der Waals surface area contributed by atoms with Gasteiger partial charge in [-0.15, -0.1) is 0 Å². The van der Waals surface area contributed by atoms with Crippen LogP contribution in [-0.2, 0) is 5.41 Å². The lowest BCUT2D eigenvalue weighted by molar-refractivity contribution is 0.658. The maximum absolute atomic E-state index is 6.61. The Morgan fingerprint density at radius 1 is 0.607 bits per heavy atom. The largest absolute Gasteiger partial charge is 0.455 e. The second kappa shape index (κ2) is 14.4. The highest BCUT2D eigenvalue weighted by atomic mass is 16.3. The fourth-order valence-electron chi connectivity index (χ4n) is 8.25. The number of hydrogen-bond donors (Lipinski definition) is 0. The molecule has 0 amide bonds. The number of para-hydroxylation sites is 1. The highest BCUT2D eigenvalue weighted by Crippen LogP contribution is 2.53. The summed E-state index contributed by atoms with van der Waals surface area (Å²) in [5.41, 5.74) is 13.4. The quantitative estimate of drug-likeness (QED) is 0.142. The third kappa shape index (κ3) is 5.99. The Bertz CT molecular complexity index is 2980. The molecular formula is C55H44O. The molecule has 0 fully saturated rings. The van der Waals surface area contributed by atoms with Gasteiger partial charge in [0.1, 0.15) is 11.2 Å². The van der Waals surface area contributed by atoms with Crippen molar-refractivity contribution in [2.24, 2.45) is 0 Å². The Morgan fingerprint density at radius 2 is 1.20 bits per heavy atom. The highest BCUT2D eigenvalue weighted by Gasteiger charge is 2.39. The zero-order valence-corrected chi connectivity index (χ0v) is 32.2. The molecule has 0 spiro atoms. The van der Waals surface area contributed by atoms with Gasteiger partial charge in [0.2, 0.25) is 0 Å². The lowest BCUT2D eigenvalue weighted by Gasteiger charge is -2.22. The molecule has 0 N–H and O–H groups in total. The van der Waals surface area contributed by atoms with Crippen molar-refractivity contribution in [3.8, 4) is 0 Å². The van der Waals surface area contributed by atoms with Crippen LogP contribution in [0.4, 0.5) is 0 Å². The first kappa shape index (κ1) is 36.0. The minimum atomic E-state index is -0.348. The molecule has 7 aromatic rings. The van der Waals surface area contributed by atoms with E-state index in [1.165, 1.54) is 5.56 Å². The molecule has 270 valence electrons. The topological polar surface area (TPSA) is 13.1 Å². The molecule has 1 nitrogen and oxygen atoms in total. The Balaban J connectivity index is 1.30. The summed E-state index contributed by atoms with van der Waals surface area (Å²) in [7, 11) is 0. The Hall–Kier alpha value is -6.96. The van der Waals surface area contributed by atoms with Crippen LogP contribution in [0.25, 0.3) is 65.8 Å². The number of fused-ring (bicyclic) bond motifs is 8. The first-order valence-electron chi connectivity index (χ1n) is 18.9. The molecule has 0 aliphatic heterocycles. The van der Waals surface area contributed by atoms with E-state index in [0.29, 0.717) is 0 Å². The molecule has 0 bridgehead atoms. The Morgan fingerprint density at radius 3 is 1.93 bits per heavy atom. The predicted molar refractivity (Wildman–Crippen MR) is 244 cm³/mol. The van der Waals surface area contributed by atoms with E-state index in [9.17, 15) is 0 Å². The third-order valence-electron chi connectivity index (χ3n) is 11.3. The van der Waals surface area contributed by atoms with Gasteiger partial charge in [-0.05, 0) is 101 Å². The van der Waals surface area contributed by atoms with Crippen molar-refractivity contribution in [3.05, 3.63) is 242 Å². The number of benzene rings is 5. The number of rotatable bonds is 8. The maximum atomic E-state index is 6.61. The second-order valence-corrected chi connectivity index (χ2v) is 14.9. The van der Waals surface area contributed by atoms with Crippen LogP contribution in [0, 0.1) is 0 Å². The number of hydrogen-bond acceptors (Lipinski definition) is 1. The van der Waals surface area contributed by atoms with Crippen LogP contribution in [0.3, 0.4) is 0 Å². The summed E-state index contributed by atoms with van der Waals surface area (Å²) in [6.45, 7) is 31.2. The van der Waals surface area contributed by atoms with Crippen molar-refractivity contribution in [2.45, 2.75) is 19.3 Å². The van der Waals surface area contributed by atoms with Gasteiger partial charge in [0.15, 0.2) is 0 Å². The third-order valence-corrected chi connectivity index (χ3v) is 11.3. The van der Waals surface area contributed by atoms with Crippen molar-refractivity contribution in [2.75, 3.05) is 0 Å². The molecule has 0 saturated carbocycles. The molecule has 56 heavy (non-hydrogen) atoms. The van der Waals surface area contributed by atoms with Crippen molar-refractivity contribution >= 4 is 65.8 Å². The average molecular weight is 721 g/mol. The summed E-state index contributed by atoms with van der Waals surface area (Å²) in [4.78, 5) is 0. The van der Waals surface area contributed by atoms with Gasteiger partial charge in [0, 0.05) is 21.6 Å². The number of allylic oxidation sites excluding steroid dienone is 9. The average Bonchev–Trinajstić information content (AvgIpc) is 3.69. The summed E-state index contributed by atoms with van der Waals surface area (Å²) < 4.78 is 6.61. The van der Waals surface area contributed by atoms with E-state index in [1.807, 2.05) is 42.5 Å². The highest BCUT2D eigenvalue weighted by molar-refractivity contribution is 6.18. The molecular weight excluding hydrogens is 677 g/mol.